The standard InChI is InChI=1S/C19H19F3N4O2S/c1-12-14-5-2-4-13(18(14)25-11-24-12)10-23-19-15(21)6-7-16(17(19)22)26-29(27,28)9-3-8-20/h2,4-7,11,23,26H,3,8-10H2,1H3. The normalized spacial score (nSPS) is 11.6. The number of halogens is 3. The number of sulfonamides is 1. The fourth-order valence-electron chi connectivity index (χ4n) is 2.86. The van der Waals surface area contributed by atoms with Crippen molar-refractivity contribution in [1.82, 2.24) is 9.97 Å². The average molecular weight is 424 g/mol. The number of nitrogens with zero attached hydrogens (tertiary/aromatic N) is 2. The van der Waals surface area contributed by atoms with E-state index in [0.717, 1.165) is 23.2 Å². The third kappa shape index (κ3) is 4.76. The zero-order chi connectivity index (χ0) is 21.0. The third-order valence-corrected chi connectivity index (χ3v) is 5.66. The Morgan fingerprint density at radius 3 is 2.66 bits per heavy atom. The van der Waals surface area contributed by atoms with Crippen LogP contribution in [0.4, 0.5) is 24.5 Å². The lowest BCUT2D eigenvalue weighted by Crippen LogP contribution is -2.18. The molecule has 29 heavy (non-hydrogen) atoms. The van der Waals surface area contributed by atoms with Gasteiger partial charge in [-0.15, -0.1) is 0 Å². The molecule has 10 heteroatoms. The van der Waals surface area contributed by atoms with Gasteiger partial charge in [0.2, 0.25) is 10.0 Å². The van der Waals surface area contributed by atoms with Crippen LogP contribution in [0.15, 0.2) is 36.7 Å². The van der Waals surface area contributed by atoms with Crippen LogP contribution in [0, 0.1) is 18.6 Å². The number of para-hydroxylation sites is 1. The number of nitrogens with one attached hydrogen (secondary N) is 2. The Hall–Kier alpha value is -2.88. The highest BCUT2D eigenvalue weighted by Crippen LogP contribution is 2.28. The molecule has 0 fully saturated rings. The summed E-state index contributed by atoms with van der Waals surface area (Å²) in [5, 5.41) is 3.49. The van der Waals surface area contributed by atoms with Crippen molar-refractivity contribution in [2.24, 2.45) is 0 Å². The second kappa shape index (κ2) is 8.64. The second-order valence-corrected chi connectivity index (χ2v) is 8.22. The lowest BCUT2D eigenvalue weighted by atomic mass is 10.1. The van der Waals surface area contributed by atoms with Gasteiger partial charge in [-0.05, 0) is 31.0 Å². The number of rotatable bonds is 8. The van der Waals surface area contributed by atoms with E-state index in [1.54, 1.807) is 12.1 Å². The number of alkyl halides is 1. The van der Waals surface area contributed by atoms with Gasteiger partial charge in [-0.2, -0.15) is 0 Å². The summed E-state index contributed by atoms with van der Waals surface area (Å²) < 4.78 is 67.0. The zero-order valence-electron chi connectivity index (χ0n) is 15.5. The first-order chi connectivity index (χ1) is 13.8. The maximum Gasteiger partial charge on any atom is 0.232 e. The molecule has 6 nitrogen and oxygen atoms in total. The van der Waals surface area contributed by atoms with Crippen molar-refractivity contribution >= 4 is 32.3 Å². The first-order valence-electron chi connectivity index (χ1n) is 8.80. The van der Waals surface area contributed by atoms with Gasteiger partial charge < -0.3 is 5.32 Å². The molecule has 0 saturated heterocycles. The Balaban J connectivity index is 1.86. The largest absolute Gasteiger partial charge is 0.376 e. The highest BCUT2D eigenvalue weighted by molar-refractivity contribution is 7.92. The molecule has 0 aliphatic heterocycles. The second-order valence-electron chi connectivity index (χ2n) is 6.37. The van der Waals surface area contributed by atoms with E-state index in [1.807, 2.05) is 17.7 Å². The first kappa shape index (κ1) is 20.8. The van der Waals surface area contributed by atoms with Gasteiger partial charge in [0, 0.05) is 17.6 Å². The third-order valence-electron chi connectivity index (χ3n) is 4.31. The molecule has 0 radical (unpaired) electrons. The summed E-state index contributed by atoms with van der Waals surface area (Å²) in [5.74, 6) is -2.46. The van der Waals surface area contributed by atoms with Crippen molar-refractivity contribution in [3.8, 4) is 0 Å². The van der Waals surface area contributed by atoms with Crippen molar-refractivity contribution < 1.29 is 21.6 Å². The Morgan fingerprint density at radius 2 is 1.90 bits per heavy atom. The van der Waals surface area contributed by atoms with Crippen LogP contribution in [-0.2, 0) is 16.6 Å². The molecule has 3 aromatic rings. The molecule has 0 bridgehead atoms. The van der Waals surface area contributed by atoms with Gasteiger partial charge in [0.25, 0.3) is 0 Å². The van der Waals surface area contributed by atoms with Crippen molar-refractivity contribution in [3.63, 3.8) is 0 Å². The summed E-state index contributed by atoms with van der Waals surface area (Å²) >= 11 is 0. The predicted molar refractivity (Wildman–Crippen MR) is 106 cm³/mol. The average Bonchev–Trinajstić information content (AvgIpc) is 2.69. The van der Waals surface area contributed by atoms with Crippen LogP contribution < -0.4 is 10.0 Å². The van der Waals surface area contributed by atoms with E-state index in [0.29, 0.717) is 11.1 Å². The molecule has 0 saturated carbocycles. The van der Waals surface area contributed by atoms with Crippen LogP contribution in [0.2, 0.25) is 0 Å². The quantitative estimate of drug-likeness (QED) is 0.573. The number of hydrogen-bond acceptors (Lipinski definition) is 5. The Labute approximate surface area is 166 Å². The molecule has 154 valence electrons. The lowest BCUT2D eigenvalue weighted by Gasteiger charge is -2.14. The lowest BCUT2D eigenvalue weighted by molar-refractivity contribution is 0.484. The number of hydrogen-bond donors (Lipinski definition) is 2. The van der Waals surface area contributed by atoms with Gasteiger partial charge in [-0.3, -0.25) is 9.11 Å². The molecular weight excluding hydrogens is 405 g/mol. The fourth-order valence-corrected chi connectivity index (χ4v) is 3.95. The van der Waals surface area contributed by atoms with Crippen molar-refractivity contribution in [2.45, 2.75) is 19.9 Å². The minimum absolute atomic E-state index is 0.0552. The molecular formula is C19H19F3N4O2S. The molecule has 3 rings (SSSR count). The van der Waals surface area contributed by atoms with E-state index >= 15 is 0 Å². The first-order valence-corrected chi connectivity index (χ1v) is 10.4. The number of fused-ring (bicyclic) bond motifs is 1. The van der Waals surface area contributed by atoms with E-state index in [-0.39, 0.29) is 13.0 Å². The van der Waals surface area contributed by atoms with E-state index in [1.165, 1.54) is 6.33 Å². The summed E-state index contributed by atoms with van der Waals surface area (Å²) in [6.07, 6.45) is 1.20. The molecule has 2 N–H and O–H groups in total. The van der Waals surface area contributed by atoms with Gasteiger partial charge in [-0.25, -0.2) is 27.2 Å². The number of benzene rings is 2. The van der Waals surface area contributed by atoms with Gasteiger partial charge in [-0.1, -0.05) is 18.2 Å². The van der Waals surface area contributed by atoms with Gasteiger partial charge in [0.05, 0.1) is 23.6 Å². The molecule has 0 aliphatic carbocycles. The highest BCUT2D eigenvalue weighted by Gasteiger charge is 2.18. The summed E-state index contributed by atoms with van der Waals surface area (Å²) in [5.41, 5.74) is 1.23. The van der Waals surface area contributed by atoms with Crippen molar-refractivity contribution in [1.29, 1.82) is 0 Å². The molecule has 1 heterocycles. The summed E-state index contributed by atoms with van der Waals surface area (Å²) in [7, 11) is -3.95. The van der Waals surface area contributed by atoms with Crippen LogP contribution in [0.5, 0.6) is 0 Å². The Bertz CT molecular complexity index is 1140. The summed E-state index contributed by atoms with van der Waals surface area (Å²) in [6.45, 7) is 1.08. The summed E-state index contributed by atoms with van der Waals surface area (Å²) in [6, 6.07) is 7.34. The van der Waals surface area contributed by atoms with Crippen LogP contribution in [0.25, 0.3) is 10.9 Å². The van der Waals surface area contributed by atoms with Gasteiger partial charge >= 0.3 is 0 Å². The van der Waals surface area contributed by atoms with Gasteiger partial charge in [0.1, 0.15) is 17.8 Å². The van der Waals surface area contributed by atoms with Crippen molar-refractivity contribution in [2.75, 3.05) is 22.5 Å². The van der Waals surface area contributed by atoms with Crippen LogP contribution >= 0.6 is 0 Å². The number of aryl methyl sites for hydroxylation is 1. The van der Waals surface area contributed by atoms with Crippen LogP contribution in [0.1, 0.15) is 17.7 Å². The maximum atomic E-state index is 14.7. The van der Waals surface area contributed by atoms with Gasteiger partial charge in [0.15, 0.2) is 5.82 Å². The smallest absolute Gasteiger partial charge is 0.232 e. The minimum atomic E-state index is -3.95. The molecule has 0 atom stereocenters. The van der Waals surface area contributed by atoms with Crippen LogP contribution in [0.3, 0.4) is 0 Å². The zero-order valence-corrected chi connectivity index (χ0v) is 16.4. The summed E-state index contributed by atoms with van der Waals surface area (Å²) in [4.78, 5) is 8.35. The minimum Gasteiger partial charge on any atom is -0.376 e. The molecule has 1 aromatic heterocycles. The highest BCUT2D eigenvalue weighted by atomic mass is 32.2. The molecule has 0 unspecified atom stereocenters. The topological polar surface area (TPSA) is 84.0 Å². The SMILES string of the molecule is Cc1ncnc2c(CNc3c(F)ccc(NS(=O)(=O)CCCF)c3F)cccc12. The van der Waals surface area contributed by atoms with Crippen LogP contribution in [-0.4, -0.2) is 30.8 Å². The van der Waals surface area contributed by atoms with Crippen molar-refractivity contribution in [3.05, 3.63) is 59.6 Å². The Kier molecular flexibility index (Phi) is 6.21. The predicted octanol–water partition coefficient (Wildman–Crippen LogP) is 3.93. The fraction of sp³-hybridized carbons (Fsp3) is 0.263. The van der Waals surface area contributed by atoms with E-state index in [9.17, 15) is 21.6 Å². The van der Waals surface area contributed by atoms with E-state index in [2.05, 4.69) is 15.3 Å². The molecule has 0 spiro atoms. The number of aromatic nitrogens is 2. The molecule has 0 amide bonds. The number of anilines is 2. The Morgan fingerprint density at radius 1 is 1.10 bits per heavy atom. The maximum absolute atomic E-state index is 14.7. The molecule has 2 aromatic carbocycles. The monoisotopic (exact) mass is 424 g/mol. The van der Waals surface area contributed by atoms with E-state index < -0.39 is 45.5 Å². The van der Waals surface area contributed by atoms with E-state index in [4.69, 9.17) is 0 Å². The molecule has 0 aliphatic rings.